The number of alkyl halides is 1. The van der Waals surface area contributed by atoms with Crippen LogP contribution in [0.25, 0.3) is 0 Å². The summed E-state index contributed by atoms with van der Waals surface area (Å²) in [5.74, 6) is 2.26. The first-order valence-electron chi connectivity index (χ1n) is 8.34. The molecule has 3 heteroatoms. The molecule has 1 heterocycles. The summed E-state index contributed by atoms with van der Waals surface area (Å²) in [6.07, 6.45) is 6.61. The lowest BCUT2D eigenvalue weighted by molar-refractivity contribution is 0.0411. The molecule has 1 fully saturated rings. The average molecular weight is 308 g/mol. The quantitative estimate of drug-likeness (QED) is 0.832. The summed E-state index contributed by atoms with van der Waals surface area (Å²) in [5, 5.41) is 3.65. The smallest absolute Gasteiger partial charge is 0.0952 e. The predicted octanol–water partition coefficient (Wildman–Crippen LogP) is 3.94. The van der Waals surface area contributed by atoms with Crippen LogP contribution in [0, 0.1) is 11.8 Å². The molecule has 21 heavy (non-hydrogen) atoms. The Labute approximate surface area is 133 Å². The number of fused-ring (bicyclic) bond motifs is 1. The molecular formula is C18H26ClNO. The maximum absolute atomic E-state index is 6.12. The van der Waals surface area contributed by atoms with Crippen LogP contribution in [0.1, 0.15) is 42.9 Å². The van der Waals surface area contributed by atoms with Gasteiger partial charge in [0.25, 0.3) is 0 Å². The van der Waals surface area contributed by atoms with Gasteiger partial charge in [0.15, 0.2) is 0 Å². The van der Waals surface area contributed by atoms with Gasteiger partial charge < -0.3 is 10.1 Å². The van der Waals surface area contributed by atoms with Gasteiger partial charge in [-0.05, 0) is 48.8 Å². The molecule has 0 aromatic heterocycles. The molecule has 1 aliphatic heterocycles. The Balaban J connectivity index is 1.52. The molecule has 1 aromatic carbocycles. The first-order chi connectivity index (χ1) is 10.4. The van der Waals surface area contributed by atoms with E-state index in [0.29, 0.717) is 5.92 Å². The molecule has 3 unspecified atom stereocenters. The van der Waals surface area contributed by atoms with Gasteiger partial charge >= 0.3 is 0 Å². The van der Waals surface area contributed by atoms with E-state index in [-0.39, 0.29) is 6.10 Å². The first-order valence-corrected chi connectivity index (χ1v) is 8.88. The molecule has 3 rings (SSSR count). The number of nitrogens with one attached hydrogen (secondary N) is 1. The molecular weight excluding hydrogens is 282 g/mol. The van der Waals surface area contributed by atoms with Gasteiger partial charge in [-0.25, -0.2) is 0 Å². The molecule has 0 spiro atoms. The van der Waals surface area contributed by atoms with Gasteiger partial charge in [0, 0.05) is 12.4 Å². The maximum Gasteiger partial charge on any atom is 0.0952 e. The monoisotopic (exact) mass is 307 g/mol. The van der Waals surface area contributed by atoms with Crippen LogP contribution in [0.2, 0.25) is 0 Å². The molecule has 0 bridgehead atoms. The number of ether oxygens (including phenoxy) is 1. The van der Waals surface area contributed by atoms with Gasteiger partial charge in [-0.3, -0.25) is 0 Å². The van der Waals surface area contributed by atoms with Crippen molar-refractivity contribution in [2.75, 3.05) is 25.6 Å². The largest absolute Gasteiger partial charge is 0.372 e. The van der Waals surface area contributed by atoms with Crippen LogP contribution in [0.15, 0.2) is 24.3 Å². The fourth-order valence-corrected chi connectivity index (χ4v) is 4.21. The third-order valence-corrected chi connectivity index (χ3v) is 5.49. The lowest BCUT2D eigenvalue weighted by Crippen LogP contribution is -2.35. The number of halogens is 1. The van der Waals surface area contributed by atoms with Crippen LogP contribution in [-0.2, 0) is 11.2 Å². The zero-order chi connectivity index (χ0) is 14.5. The second-order valence-electron chi connectivity index (χ2n) is 6.43. The molecule has 2 nitrogen and oxygen atoms in total. The zero-order valence-corrected chi connectivity index (χ0v) is 13.4. The van der Waals surface area contributed by atoms with Crippen LogP contribution in [0.4, 0.5) is 0 Å². The second-order valence-corrected chi connectivity index (χ2v) is 6.73. The minimum atomic E-state index is 0.216. The van der Waals surface area contributed by atoms with Gasteiger partial charge in [-0.1, -0.05) is 37.1 Å². The van der Waals surface area contributed by atoms with Crippen molar-refractivity contribution in [3.05, 3.63) is 35.4 Å². The van der Waals surface area contributed by atoms with Crippen LogP contribution < -0.4 is 5.32 Å². The molecule has 1 aromatic rings. The highest BCUT2D eigenvalue weighted by Gasteiger charge is 2.25. The van der Waals surface area contributed by atoms with E-state index < -0.39 is 0 Å². The lowest BCUT2D eigenvalue weighted by Gasteiger charge is -2.31. The van der Waals surface area contributed by atoms with Crippen molar-refractivity contribution in [3.63, 3.8) is 0 Å². The second kappa shape index (κ2) is 7.62. The summed E-state index contributed by atoms with van der Waals surface area (Å²) in [4.78, 5) is 0. The third-order valence-electron chi connectivity index (χ3n) is 5.09. The number of benzene rings is 1. The van der Waals surface area contributed by atoms with Gasteiger partial charge in [0.1, 0.15) is 0 Å². The van der Waals surface area contributed by atoms with E-state index in [2.05, 4.69) is 29.6 Å². The van der Waals surface area contributed by atoms with Gasteiger partial charge in [-0.2, -0.15) is 0 Å². The minimum absolute atomic E-state index is 0.216. The van der Waals surface area contributed by atoms with E-state index in [9.17, 15) is 0 Å². The first kappa shape index (κ1) is 15.3. The van der Waals surface area contributed by atoms with E-state index >= 15 is 0 Å². The molecule has 0 radical (unpaired) electrons. The Morgan fingerprint density at radius 1 is 1.10 bits per heavy atom. The Morgan fingerprint density at radius 2 is 1.90 bits per heavy atom. The minimum Gasteiger partial charge on any atom is -0.372 e. The van der Waals surface area contributed by atoms with E-state index in [1.807, 2.05) is 0 Å². The normalized spacial score (nSPS) is 29.1. The van der Waals surface area contributed by atoms with Crippen LogP contribution >= 0.6 is 11.6 Å². The lowest BCUT2D eigenvalue weighted by atomic mass is 9.80. The molecule has 2 aliphatic rings. The van der Waals surface area contributed by atoms with Crippen molar-refractivity contribution in [2.45, 2.75) is 38.2 Å². The highest BCUT2D eigenvalue weighted by Crippen LogP contribution is 2.31. The third kappa shape index (κ3) is 3.80. The summed E-state index contributed by atoms with van der Waals surface area (Å²) >= 11 is 6.12. The highest BCUT2D eigenvalue weighted by atomic mass is 35.5. The summed E-state index contributed by atoms with van der Waals surface area (Å²) in [6, 6.07) is 8.69. The summed E-state index contributed by atoms with van der Waals surface area (Å²) < 4.78 is 5.96. The van der Waals surface area contributed by atoms with Crippen molar-refractivity contribution < 1.29 is 4.74 Å². The van der Waals surface area contributed by atoms with E-state index in [0.717, 1.165) is 37.9 Å². The van der Waals surface area contributed by atoms with Crippen molar-refractivity contribution in [1.82, 2.24) is 5.32 Å². The van der Waals surface area contributed by atoms with E-state index in [4.69, 9.17) is 16.3 Å². The van der Waals surface area contributed by atoms with Gasteiger partial charge in [0.05, 0.1) is 12.7 Å². The van der Waals surface area contributed by atoms with E-state index in [1.54, 1.807) is 0 Å². The van der Waals surface area contributed by atoms with Crippen LogP contribution in [0.3, 0.4) is 0 Å². The summed E-state index contributed by atoms with van der Waals surface area (Å²) in [6.45, 7) is 2.85. The molecule has 0 amide bonds. The fraction of sp³-hybridized carbons (Fsp3) is 0.667. The molecule has 1 aliphatic carbocycles. The Kier molecular flexibility index (Phi) is 5.56. The van der Waals surface area contributed by atoms with Crippen LogP contribution in [-0.4, -0.2) is 25.6 Å². The van der Waals surface area contributed by atoms with Crippen molar-refractivity contribution >= 4 is 11.6 Å². The molecule has 1 N–H and O–H groups in total. The highest BCUT2D eigenvalue weighted by molar-refractivity contribution is 6.18. The van der Waals surface area contributed by atoms with Gasteiger partial charge in [0.2, 0.25) is 0 Å². The topological polar surface area (TPSA) is 21.3 Å². The van der Waals surface area contributed by atoms with Crippen molar-refractivity contribution in [1.29, 1.82) is 0 Å². The number of rotatable bonds is 5. The Bertz CT molecular complexity index is 451. The molecule has 1 saturated carbocycles. The van der Waals surface area contributed by atoms with Crippen LogP contribution in [0.5, 0.6) is 0 Å². The number of hydrogen-bond donors (Lipinski definition) is 1. The summed E-state index contributed by atoms with van der Waals surface area (Å²) in [5.41, 5.74) is 2.82. The maximum atomic E-state index is 6.12. The average Bonchev–Trinajstić information content (AvgIpc) is 2.55. The van der Waals surface area contributed by atoms with E-state index in [1.165, 1.54) is 36.8 Å². The van der Waals surface area contributed by atoms with Gasteiger partial charge in [-0.15, -0.1) is 11.6 Å². The number of hydrogen-bond acceptors (Lipinski definition) is 2. The molecule has 116 valence electrons. The van der Waals surface area contributed by atoms with Crippen molar-refractivity contribution in [3.8, 4) is 0 Å². The SMILES string of the molecule is ClCC1CCCCC1CNCC1OCCc2ccccc21. The fourth-order valence-electron chi connectivity index (χ4n) is 3.80. The Morgan fingerprint density at radius 3 is 2.76 bits per heavy atom. The van der Waals surface area contributed by atoms with Crippen molar-refractivity contribution in [2.24, 2.45) is 11.8 Å². The standard InChI is InChI=1S/C18H26ClNO/c19-11-15-6-1-2-7-16(15)12-20-13-18-17-8-4-3-5-14(17)9-10-21-18/h3-5,8,15-16,18,20H,1-2,6-7,9-13H2. The predicted molar refractivity (Wildman–Crippen MR) is 87.9 cm³/mol. The molecule has 3 atom stereocenters. The summed E-state index contributed by atoms with van der Waals surface area (Å²) in [7, 11) is 0. The molecule has 0 saturated heterocycles. The Hall–Kier alpha value is -0.570. The zero-order valence-electron chi connectivity index (χ0n) is 12.7.